The minimum atomic E-state index is -1.11. The molecule has 0 saturated carbocycles. The zero-order chi connectivity index (χ0) is 15.4. The Labute approximate surface area is 126 Å². The number of rotatable bonds is 4. The lowest BCUT2D eigenvalue weighted by molar-refractivity contribution is 0.0697. The first-order valence-corrected chi connectivity index (χ1v) is 6.48. The average molecular weight is 305 g/mol. The molecule has 108 valence electrons. The van der Waals surface area contributed by atoms with Crippen molar-refractivity contribution in [3.8, 4) is 5.75 Å². The van der Waals surface area contributed by atoms with Crippen LogP contribution >= 0.6 is 11.6 Å². The Morgan fingerprint density at radius 2 is 1.90 bits per heavy atom. The highest BCUT2D eigenvalue weighted by molar-refractivity contribution is 6.33. The van der Waals surface area contributed by atoms with Crippen LogP contribution in [0, 0.1) is 0 Å². The van der Waals surface area contributed by atoms with Crippen molar-refractivity contribution in [2.24, 2.45) is 5.10 Å². The van der Waals surface area contributed by atoms with Crippen molar-refractivity contribution in [3.63, 3.8) is 0 Å². The number of anilines is 1. The number of aromatic hydroxyl groups is 1. The van der Waals surface area contributed by atoms with Crippen molar-refractivity contribution < 1.29 is 15.0 Å². The molecule has 0 spiro atoms. The van der Waals surface area contributed by atoms with Crippen LogP contribution in [0.5, 0.6) is 5.75 Å². The number of carbonyl (C=O) groups is 1. The number of nitrogens with zero attached hydrogens (tertiary/aromatic N) is 1. The molecule has 2 aromatic rings. The topological polar surface area (TPSA) is 81.9 Å². The third kappa shape index (κ3) is 3.52. The maximum absolute atomic E-state index is 11.0. The fraction of sp³-hybridized carbons (Fsp3) is 0.0667. The zero-order valence-electron chi connectivity index (χ0n) is 11.2. The molecule has 0 radical (unpaired) electrons. The number of benzene rings is 2. The van der Waals surface area contributed by atoms with E-state index in [-0.39, 0.29) is 16.3 Å². The van der Waals surface area contributed by atoms with Gasteiger partial charge >= 0.3 is 5.97 Å². The first-order valence-electron chi connectivity index (χ1n) is 6.10. The third-order valence-corrected chi connectivity index (χ3v) is 3.17. The van der Waals surface area contributed by atoms with E-state index in [9.17, 15) is 9.90 Å². The summed E-state index contributed by atoms with van der Waals surface area (Å²) in [5, 5.41) is 23.0. The van der Waals surface area contributed by atoms with E-state index in [0.717, 1.165) is 0 Å². The predicted molar refractivity (Wildman–Crippen MR) is 82.4 cm³/mol. The Balaban J connectivity index is 2.23. The molecule has 0 bridgehead atoms. The molecule has 2 aromatic carbocycles. The molecule has 0 unspecified atom stereocenters. The lowest BCUT2D eigenvalue weighted by atomic mass is 10.1. The van der Waals surface area contributed by atoms with Crippen molar-refractivity contribution in [3.05, 3.63) is 58.6 Å². The van der Waals surface area contributed by atoms with Gasteiger partial charge in [0.05, 0.1) is 22.0 Å². The summed E-state index contributed by atoms with van der Waals surface area (Å²) in [7, 11) is 0. The number of aromatic carboxylic acids is 1. The van der Waals surface area contributed by atoms with Gasteiger partial charge < -0.3 is 10.2 Å². The van der Waals surface area contributed by atoms with Gasteiger partial charge in [-0.3, -0.25) is 5.43 Å². The molecule has 5 nitrogen and oxygen atoms in total. The van der Waals surface area contributed by atoms with Crippen LogP contribution < -0.4 is 5.43 Å². The van der Waals surface area contributed by atoms with E-state index >= 15 is 0 Å². The van der Waals surface area contributed by atoms with Crippen LogP contribution in [-0.4, -0.2) is 21.9 Å². The number of phenols is 1. The van der Waals surface area contributed by atoms with Gasteiger partial charge in [-0.25, -0.2) is 4.79 Å². The average Bonchev–Trinajstić information content (AvgIpc) is 2.46. The number of para-hydroxylation sites is 1. The van der Waals surface area contributed by atoms with Crippen molar-refractivity contribution in [1.82, 2.24) is 0 Å². The summed E-state index contributed by atoms with van der Waals surface area (Å²) in [6.45, 7) is 1.73. The molecule has 0 aliphatic carbocycles. The van der Waals surface area contributed by atoms with Crippen LogP contribution in [-0.2, 0) is 0 Å². The summed E-state index contributed by atoms with van der Waals surface area (Å²) in [5.74, 6) is -0.979. The van der Waals surface area contributed by atoms with Gasteiger partial charge in [0.25, 0.3) is 0 Å². The predicted octanol–water partition coefficient (Wildman–Crippen LogP) is 3.58. The minimum Gasteiger partial charge on any atom is -0.507 e. The van der Waals surface area contributed by atoms with Gasteiger partial charge in [-0.1, -0.05) is 23.7 Å². The lowest BCUT2D eigenvalue weighted by Crippen LogP contribution is -2.02. The molecule has 6 heteroatoms. The number of hydrazone groups is 1. The molecule has 3 N–H and O–H groups in total. The van der Waals surface area contributed by atoms with Gasteiger partial charge in [-0.15, -0.1) is 0 Å². The van der Waals surface area contributed by atoms with E-state index in [2.05, 4.69) is 10.5 Å². The molecular weight excluding hydrogens is 292 g/mol. The van der Waals surface area contributed by atoms with Gasteiger partial charge in [0, 0.05) is 5.56 Å². The van der Waals surface area contributed by atoms with Crippen LogP contribution in [0.4, 0.5) is 5.69 Å². The Hall–Kier alpha value is -2.53. The first kappa shape index (κ1) is 14.9. The number of nitrogens with one attached hydrogen (secondary N) is 1. The second-order valence-electron chi connectivity index (χ2n) is 4.33. The minimum absolute atomic E-state index is 0.00271. The molecule has 0 aromatic heterocycles. The monoisotopic (exact) mass is 304 g/mol. The fourth-order valence-electron chi connectivity index (χ4n) is 1.75. The molecular formula is C15H13ClN2O3. The largest absolute Gasteiger partial charge is 0.507 e. The Kier molecular flexibility index (Phi) is 4.45. The number of phenolic OH excluding ortho intramolecular Hbond substituents is 1. The van der Waals surface area contributed by atoms with Crippen LogP contribution in [0.25, 0.3) is 0 Å². The molecule has 0 aliphatic rings. The van der Waals surface area contributed by atoms with E-state index in [4.69, 9.17) is 16.7 Å². The summed E-state index contributed by atoms with van der Waals surface area (Å²) >= 11 is 5.79. The van der Waals surface area contributed by atoms with E-state index in [0.29, 0.717) is 17.0 Å². The molecule has 0 atom stereocenters. The van der Waals surface area contributed by atoms with Gasteiger partial charge in [0.1, 0.15) is 5.75 Å². The summed E-state index contributed by atoms with van der Waals surface area (Å²) in [4.78, 5) is 11.0. The van der Waals surface area contributed by atoms with E-state index in [1.54, 1.807) is 37.3 Å². The van der Waals surface area contributed by atoms with Crippen LogP contribution in [0.15, 0.2) is 47.6 Å². The maximum Gasteiger partial charge on any atom is 0.337 e. The van der Waals surface area contributed by atoms with Gasteiger partial charge in [0.15, 0.2) is 0 Å². The summed E-state index contributed by atoms with van der Waals surface area (Å²) in [6, 6.07) is 11.3. The maximum atomic E-state index is 11.0. The molecule has 21 heavy (non-hydrogen) atoms. The van der Waals surface area contributed by atoms with E-state index < -0.39 is 5.97 Å². The van der Waals surface area contributed by atoms with E-state index in [1.807, 2.05) is 0 Å². The molecule has 0 fully saturated rings. The molecule has 2 rings (SSSR count). The Morgan fingerprint density at radius 3 is 2.57 bits per heavy atom. The van der Waals surface area contributed by atoms with Crippen molar-refractivity contribution in [1.29, 1.82) is 0 Å². The number of halogens is 1. The number of carboxylic acids is 1. The highest BCUT2D eigenvalue weighted by Crippen LogP contribution is 2.21. The Morgan fingerprint density at radius 1 is 1.19 bits per heavy atom. The smallest absolute Gasteiger partial charge is 0.337 e. The zero-order valence-corrected chi connectivity index (χ0v) is 11.9. The number of hydrogen-bond donors (Lipinski definition) is 3. The quantitative estimate of drug-likeness (QED) is 0.595. The summed E-state index contributed by atoms with van der Waals surface area (Å²) in [6.07, 6.45) is 0. The van der Waals surface area contributed by atoms with Gasteiger partial charge in [-0.05, 0) is 37.3 Å². The Bertz CT molecular complexity index is 714. The van der Waals surface area contributed by atoms with Gasteiger partial charge in [0.2, 0.25) is 0 Å². The first-order chi connectivity index (χ1) is 9.99. The van der Waals surface area contributed by atoms with Crippen molar-refractivity contribution in [2.45, 2.75) is 6.92 Å². The molecule has 0 saturated heterocycles. The van der Waals surface area contributed by atoms with Crippen LogP contribution in [0.1, 0.15) is 22.8 Å². The lowest BCUT2D eigenvalue weighted by Gasteiger charge is -2.06. The fourth-order valence-corrected chi connectivity index (χ4v) is 1.95. The second-order valence-corrected chi connectivity index (χ2v) is 4.73. The van der Waals surface area contributed by atoms with Gasteiger partial charge in [-0.2, -0.15) is 5.10 Å². The normalized spacial score (nSPS) is 11.2. The van der Waals surface area contributed by atoms with Crippen LogP contribution in [0.3, 0.4) is 0 Å². The van der Waals surface area contributed by atoms with Crippen LogP contribution in [0.2, 0.25) is 5.02 Å². The highest BCUT2D eigenvalue weighted by Gasteiger charge is 2.09. The second kappa shape index (κ2) is 6.28. The van der Waals surface area contributed by atoms with Crippen molar-refractivity contribution >= 4 is 29.0 Å². The molecule has 0 heterocycles. The van der Waals surface area contributed by atoms with E-state index in [1.165, 1.54) is 12.1 Å². The summed E-state index contributed by atoms with van der Waals surface area (Å²) in [5.41, 5.74) is 4.40. The SMILES string of the molecule is CC(=NNc1ccc(Cl)c(C(=O)O)c1)c1ccccc1O. The van der Waals surface area contributed by atoms with Crippen molar-refractivity contribution in [2.75, 3.05) is 5.43 Å². The number of hydrogen-bond acceptors (Lipinski definition) is 4. The molecule has 0 amide bonds. The third-order valence-electron chi connectivity index (χ3n) is 2.84. The highest BCUT2D eigenvalue weighted by atomic mass is 35.5. The standard InChI is InChI=1S/C15H13ClN2O3/c1-9(11-4-2-3-5-14(11)19)17-18-10-6-7-13(16)12(8-10)15(20)21/h2-8,18-19H,1H3,(H,20,21). The molecule has 0 aliphatic heterocycles. The summed E-state index contributed by atoms with van der Waals surface area (Å²) < 4.78 is 0. The number of carboxylic acid groups (broad SMARTS) is 1.